The van der Waals surface area contributed by atoms with Crippen LogP contribution >= 0.6 is 0 Å². The fourth-order valence-electron chi connectivity index (χ4n) is 10.1. The number of ether oxygens (including phenoxy) is 1. The molecule has 0 N–H and O–H groups in total. The number of pyridine rings is 2. The van der Waals surface area contributed by atoms with Crippen molar-refractivity contribution >= 4 is 71.4 Å². The molecule has 77 heavy (non-hydrogen) atoms. The Morgan fingerprint density at radius 2 is 1.22 bits per heavy atom. The Morgan fingerprint density at radius 1 is 0.597 bits per heavy atom. The Kier molecular flexibility index (Phi) is 15.3. The van der Waals surface area contributed by atoms with E-state index in [0.29, 0.717) is 13.2 Å². The number of benzene rings is 5. The Morgan fingerprint density at radius 3 is 1.86 bits per heavy atom. The molecule has 5 aromatic carbocycles. The van der Waals surface area contributed by atoms with Gasteiger partial charge in [-0.25, -0.2) is 4.98 Å². The molecule has 1 fully saturated rings. The van der Waals surface area contributed by atoms with Gasteiger partial charge >= 0.3 is 21.4 Å². The van der Waals surface area contributed by atoms with Crippen LogP contribution < -0.4 is 15.3 Å². The van der Waals surface area contributed by atoms with Crippen molar-refractivity contribution in [2.75, 3.05) is 9.80 Å². The van der Waals surface area contributed by atoms with Crippen LogP contribution in [0.2, 0.25) is 10.6 Å². The van der Waals surface area contributed by atoms with E-state index in [4.69, 9.17) is 28.4 Å². The largest absolute Gasteiger partial charge is 0.492 e. The molecule has 0 radical (unpaired) electrons. The zero-order chi connectivity index (χ0) is 54.3. The van der Waals surface area contributed by atoms with Gasteiger partial charge in [-0.2, -0.15) is 24.3 Å². The third kappa shape index (κ3) is 11.4. The van der Waals surface area contributed by atoms with Crippen LogP contribution in [0.1, 0.15) is 137 Å². The van der Waals surface area contributed by atoms with Crippen molar-refractivity contribution in [3.05, 3.63) is 174 Å². The van der Waals surface area contributed by atoms with Gasteiger partial charge in [0.15, 0.2) is 0 Å². The summed E-state index contributed by atoms with van der Waals surface area (Å²) in [6.45, 7) is 38.2. The zero-order valence-corrected chi connectivity index (χ0v) is 50.2. The minimum absolute atomic E-state index is 0. The average Bonchev–Trinajstić information content (AvgIpc) is 4.05. The maximum atomic E-state index is 6.95. The smallest absolute Gasteiger partial charge is 0.468 e. The molecular formula is C64H73B3N5O4Pt-3. The van der Waals surface area contributed by atoms with E-state index in [0.717, 1.165) is 83.8 Å². The third-order valence-electron chi connectivity index (χ3n) is 14.7. The molecule has 0 amide bonds. The fraction of sp³-hybridized carbons (Fsp3) is 0.359. The van der Waals surface area contributed by atoms with Crippen molar-refractivity contribution in [3.63, 3.8) is 0 Å². The monoisotopic (exact) mass is 1200 g/mol. The second-order valence-corrected chi connectivity index (χ2v) is 26.1. The second-order valence-electron chi connectivity index (χ2n) is 26.1. The maximum Gasteiger partial charge on any atom is 0.468 e. The normalized spacial score (nSPS) is 14.7. The summed E-state index contributed by atoms with van der Waals surface area (Å²) in [4.78, 5) is 14.3. The van der Waals surface area contributed by atoms with Crippen LogP contribution in [0.25, 0.3) is 38.8 Å². The number of para-hydroxylation sites is 4. The molecule has 5 heterocycles. The van der Waals surface area contributed by atoms with Gasteiger partial charge in [-0.1, -0.05) is 201 Å². The summed E-state index contributed by atoms with van der Waals surface area (Å²) in [5.74, 6) is 0.873. The first-order valence-electron chi connectivity index (χ1n) is 26.9. The van der Waals surface area contributed by atoms with Gasteiger partial charge in [0.05, 0.1) is 6.61 Å². The van der Waals surface area contributed by atoms with E-state index in [1.54, 1.807) is 0 Å². The van der Waals surface area contributed by atoms with Gasteiger partial charge in [-0.05, 0) is 84.8 Å². The second kappa shape index (κ2) is 21.0. The molecule has 10 rings (SSSR count). The summed E-state index contributed by atoms with van der Waals surface area (Å²) in [5, 5.41) is 1.64. The topological polar surface area (TPSA) is 74.1 Å². The van der Waals surface area contributed by atoms with Crippen molar-refractivity contribution < 1.29 is 39.5 Å². The molecule has 3 aromatic heterocycles. The first kappa shape index (κ1) is 56.3. The Labute approximate surface area is 474 Å². The Bertz CT molecular complexity index is 3420. The summed E-state index contributed by atoms with van der Waals surface area (Å²) in [5.41, 5.74) is 15.1. The van der Waals surface area contributed by atoms with Gasteiger partial charge < -0.3 is 37.8 Å². The number of anilines is 4. The molecule has 1 saturated heterocycles. The molecular weight excluding hydrogens is 1130 g/mol. The van der Waals surface area contributed by atoms with E-state index in [1.165, 1.54) is 16.7 Å². The molecule has 13 heteroatoms. The molecule has 0 aliphatic carbocycles. The summed E-state index contributed by atoms with van der Waals surface area (Å²) >= 11 is 0. The average molecular weight is 1200 g/mol. The first-order chi connectivity index (χ1) is 35.7. The predicted octanol–water partition coefficient (Wildman–Crippen LogP) is 15.5. The SMILES string of the molecule is Cc1ncc(N2[CH-]N(c3c(B4OB(C(C)(C)C)OB(C(C)(C)C)O4)cccc3-c3cc(C(C)(C)C)cc(C(C)(C)C)c3)c3ccccc32)[c-]c1COCc1[c-]c2c(cc1)c1ccccc1n2-c1cc(C(C)(C)C)ccn1.[Pt]. The van der Waals surface area contributed by atoms with E-state index in [-0.39, 0.29) is 47.9 Å². The van der Waals surface area contributed by atoms with E-state index >= 15 is 0 Å². The number of hydrogen-bond donors (Lipinski definition) is 0. The molecule has 0 saturated carbocycles. The number of nitrogens with zero attached hydrogens (tertiary/aromatic N) is 5. The molecule has 9 nitrogen and oxygen atoms in total. The third-order valence-corrected chi connectivity index (χ3v) is 14.7. The number of aromatic nitrogens is 3. The molecule has 2 aliphatic rings. The Hall–Kier alpha value is -5.48. The van der Waals surface area contributed by atoms with Gasteiger partial charge in [0, 0.05) is 67.5 Å². The van der Waals surface area contributed by atoms with E-state index < -0.39 is 21.4 Å². The van der Waals surface area contributed by atoms with Crippen molar-refractivity contribution in [1.82, 2.24) is 14.5 Å². The van der Waals surface area contributed by atoms with Crippen LogP contribution in [0, 0.1) is 25.7 Å². The van der Waals surface area contributed by atoms with E-state index in [9.17, 15) is 0 Å². The number of hydrogen-bond acceptors (Lipinski definition) is 8. The summed E-state index contributed by atoms with van der Waals surface area (Å²) in [7, 11) is -1.79. The van der Waals surface area contributed by atoms with Crippen LogP contribution in [0.15, 0.2) is 122 Å². The fourth-order valence-corrected chi connectivity index (χ4v) is 10.1. The maximum absolute atomic E-state index is 6.95. The molecule has 0 spiro atoms. The van der Waals surface area contributed by atoms with Crippen molar-refractivity contribution in [3.8, 4) is 16.9 Å². The summed E-state index contributed by atoms with van der Waals surface area (Å²) < 4.78 is 29.3. The van der Waals surface area contributed by atoms with Crippen molar-refractivity contribution in [2.24, 2.45) is 0 Å². The predicted molar refractivity (Wildman–Crippen MR) is 316 cm³/mol. The van der Waals surface area contributed by atoms with Crippen molar-refractivity contribution in [1.29, 1.82) is 0 Å². The van der Waals surface area contributed by atoms with Gasteiger partial charge in [-0.3, -0.25) is 0 Å². The van der Waals surface area contributed by atoms with Gasteiger partial charge in [0.25, 0.3) is 0 Å². The zero-order valence-electron chi connectivity index (χ0n) is 48.0. The minimum Gasteiger partial charge on any atom is -0.492 e. The number of aryl methyl sites for hydroxylation is 1. The van der Waals surface area contributed by atoms with Crippen LogP contribution in [-0.2, 0) is 69.0 Å². The minimum atomic E-state index is -0.742. The van der Waals surface area contributed by atoms with Gasteiger partial charge in [-0.15, -0.1) is 23.2 Å². The molecule has 0 bridgehead atoms. The van der Waals surface area contributed by atoms with Crippen LogP contribution in [-0.4, -0.2) is 35.9 Å². The Balaban J connectivity index is 0.00000722. The van der Waals surface area contributed by atoms with Gasteiger partial charge in [0.1, 0.15) is 5.82 Å². The van der Waals surface area contributed by atoms with Crippen LogP contribution in [0.4, 0.5) is 22.7 Å². The van der Waals surface area contributed by atoms with E-state index in [2.05, 4.69) is 246 Å². The van der Waals surface area contributed by atoms with Crippen molar-refractivity contribution in [2.45, 2.75) is 151 Å². The first-order valence-corrected chi connectivity index (χ1v) is 26.9. The van der Waals surface area contributed by atoms with E-state index in [1.807, 2.05) is 19.3 Å². The molecule has 0 unspecified atom stereocenters. The molecule has 8 aromatic rings. The molecule has 400 valence electrons. The molecule has 2 aliphatic heterocycles. The molecule has 0 atom stereocenters. The standard InChI is InChI=1S/C64H73B3N5O4.Pt/c1-42-45(40-73-39-43-28-29-52-51-22-17-18-25-54(51)72(57(52)32-43)58-37-46(30-31-68-58)60(2,3)4)35-49(38-69-42)70-41-71(56-27-20-19-26-55(56)70)59-50(44-33-47(61(5,6)7)36-48(34-44)62(8,9)10)23-21-24-53(59)65-74-66(63(11,12)13)76-67(75-65)64(14,15)16;/h17-31,33-34,36-38,41H,39-40H2,1-16H3;/q-3;. The van der Waals surface area contributed by atoms with Crippen LogP contribution in [0.5, 0.6) is 0 Å². The van der Waals surface area contributed by atoms with Gasteiger partial charge in [0.2, 0.25) is 0 Å². The number of fused-ring (bicyclic) bond motifs is 4. The quantitative estimate of drug-likeness (QED) is 0.105. The summed E-state index contributed by atoms with van der Waals surface area (Å²) in [6.07, 6.45) is 3.81. The summed E-state index contributed by atoms with van der Waals surface area (Å²) in [6, 6.07) is 46.7. The number of rotatable bonds is 9. The van der Waals surface area contributed by atoms with Crippen LogP contribution in [0.3, 0.4) is 0 Å².